The van der Waals surface area contributed by atoms with E-state index in [1.807, 2.05) is 42.5 Å². The summed E-state index contributed by atoms with van der Waals surface area (Å²) in [6.07, 6.45) is 5.52. The van der Waals surface area contributed by atoms with Gasteiger partial charge in [0.05, 0.1) is 5.92 Å². The highest BCUT2D eigenvalue weighted by Crippen LogP contribution is 2.13. The third kappa shape index (κ3) is 6.20. The Balaban J connectivity index is 1.73. The first-order chi connectivity index (χ1) is 11.6. The minimum atomic E-state index is -0.939. The van der Waals surface area contributed by atoms with E-state index in [0.717, 1.165) is 18.4 Å². The quantitative estimate of drug-likeness (QED) is 0.694. The van der Waals surface area contributed by atoms with Gasteiger partial charge in [0.1, 0.15) is 0 Å². The summed E-state index contributed by atoms with van der Waals surface area (Å²) in [7, 11) is 0. The van der Waals surface area contributed by atoms with Crippen LogP contribution in [0.25, 0.3) is 0 Å². The summed E-state index contributed by atoms with van der Waals surface area (Å²) in [5.74, 6) is -1.86. The Labute approximate surface area is 141 Å². The van der Waals surface area contributed by atoms with Crippen molar-refractivity contribution in [2.45, 2.75) is 25.7 Å². The average Bonchev–Trinajstić information content (AvgIpc) is 2.60. The van der Waals surface area contributed by atoms with Crippen LogP contribution in [0.3, 0.4) is 0 Å². The van der Waals surface area contributed by atoms with Gasteiger partial charge in [-0.25, -0.2) is 0 Å². The van der Waals surface area contributed by atoms with Gasteiger partial charge in [0.15, 0.2) is 0 Å². The minimum absolute atomic E-state index is 0.000511. The largest absolute Gasteiger partial charge is 0.481 e. The van der Waals surface area contributed by atoms with Gasteiger partial charge in [0, 0.05) is 25.4 Å². The summed E-state index contributed by atoms with van der Waals surface area (Å²) in [5.41, 5.74) is 2.10. The lowest BCUT2D eigenvalue weighted by Crippen LogP contribution is -2.30. The third-order valence-electron chi connectivity index (χ3n) is 3.82. The maximum atomic E-state index is 12.0. The predicted molar refractivity (Wildman–Crippen MR) is 91.5 cm³/mol. The fourth-order valence-corrected chi connectivity index (χ4v) is 2.51. The van der Waals surface area contributed by atoms with Crippen molar-refractivity contribution in [3.63, 3.8) is 0 Å². The van der Waals surface area contributed by atoms with Gasteiger partial charge in [-0.1, -0.05) is 30.3 Å². The lowest BCUT2D eigenvalue weighted by molar-refractivity contribution is -0.144. The second kappa shape index (κ2) is 9.45. The fraction of sp³-hybridized carbons (Fsp3) is 0.316. The molecule has 1 aromatic carbocycles. The van der Waals surface area contributed by atoms with Crippen LogP contribution < -0.4 is 5.32 Å². The number of carbonyl (C=O) groups excluding carboxylic acids is 1. The number of carboxylic acid groups (broad SMARTS) is 1. The molecule has 0 aliphatic carbocycles. The Bertz CT molecular complexity index is 644. The molecule has 0 radical (unpaired) electrons. The van der Waals surface area contributed by atoms with E-state index >= 15 is 0 Å². The van der Waals surface area contributed by atoms with Gasteiger partial charge in [-0.05, 0) is 42.5 Å². The number of hydrogen-bond acceptors (Lipinski definition) is 3. The summed E-state index contributed by atoms with van der Waals surface area (Å²) < 4.78 is 0. The first-order valence-electron chi connectivity index (χ1n) is 8.07. The molecule has 24 heavy (non-hydrogen) atoms. The lowest BCUT2D eigenvalue weighted by atomic mass is 9.96. The molecule has 0 aliphatic rings. The van der Waals surface area contributed by atoms with Crippen LogP contribution in [0.4, 0.5) is 0 Å². The van der Waals surface area contributed by atoms with Gasteiger partial charge in [-0.3, -0.25) is 14.6 Å². The number of carbonyl (C=O) groups is 2. The highest BCUT2D eigenvalue weighted by molar-refractivity contribution is 5.82. The Hall–Kier alpha value is -2.69. The lowest BCUT2D eigenvalue weighted by Gasteiger charge is -2.12. The van der Waals surface area contributed by atoms with Gasteiger partial charge >= 0.3 is 5.97 Å². The van der Waals surface area contributed by atoms with Crippen LogP contribution in [0.15, 0.2) is 54.9 Å². The van der Waals surface area contributed by atoms with Crippen molar-refractivity contribution in [2.75, 3.05) is 6.54 Å². The molecule has 0 aliphatic heterocycles. The number of hydrogen-bond donors (Lipinski definition) is 2. The van der Waals surface area contributed by atoms with Gasteiger partial charge in [-0.2, -0.15) is 0 Å². The molecule has 0 saturated carbocycles. The van der Waals surface area contributed by atoms with E-state index < -0.39 is 11.9 Å². The monoisotopic (exact) mass is 326 g/mol. The molecular formula is C19H22N2O3. The molecule has 126 valence electrons. The van der Waals surface area contributed by atoms with E-state index in [-0.39, 0.29) is 12.3 Å². The van der Waals surface area contributed by atoms with E-state index in [1.165, 1.54) is 5.56 Å². The number of amides is 1. The van der Waals surface area contributed by atoms with E-state index in [9.17, 15) is 14.7 Å². The molecule has 2 aromatic rings. The summed E-state index contributed by atoms with van der Waals surface area (Å²) >= 11 is 0. The van der Waals surface area contributed by atoms with E-state index in [2.05, 4.69) is 10.3 Å². The third-order valence-corrected chi connectivity index (χ3v) is 3.82. The van der Waals surface area contributed by atoms with Crippen molar-refractivity contribution in [3.8, 4) is 0 Å². The van der Waals surface area contributed by atoms with Crippen LogP contribution in [0, 0.1) is 5.92 Å². The van der Waals surface area contributed by atoms with Crippen molar-refractivity contribution in [2.24, 2.45) is 5.92 Å². The number of aryl methyl sites for hydroxylation is 1. The fourth-order valence-electron chi connectivity index (χ4n) is 2.51. The normalized spacial score (nSPS) is 11.7. The predicted octanol–water partition coefficient (Wildman–Crippen LogP) is 2.46. The SMILES string of the molecule is O=C(C[C@@H](Cc1ccccc1)C(=O)O)NCCCc1ccncc1. The van der Waals surface area contributed by atoms with Gasteiger partial charge in [0.25, 0.3) is 0 Å². The topological polar surface area (TPSA) is 79.3 Å². The van der Waals surface area contributed by atoms with E-state index in [0.29, 0.717) is 13.0 Å². The van der Waals surface area contributed by atoms with Gasteiger partial charge in [0.2, 0.25) is 5.91 Å². The zero-order valence-corrected chi connectivity index (χ0v) is 13.5. The average molecular weight is 326 g/mol. The summed E-state index contributed by atoms with van der Waals surface area (Å²) in [4.78, 5) is 27.3. The standard InChI is InChI=1S/C19H22N2O3/c22-18(21-10-4-7-15-8-11-20-12-9-15)14-17(19(23)24)13-16-5-2-1-3-6-16/h1-3,5-6,8-9,11-12,17H,4,7,10,13-14H2,(H,21,22)(H,23,24)/t17-/m1/s1. The molecule has 0 unspecified atom stereocenters. The maximum absolute atomic E-state index is 12.0. The molecule has 0 spiro atoms. The van der Waals surface area contributed by atoms with E-state index in [4.69, 9.17) is 0 Å². The molecule has 0 fully saturated rings. The summed E-state index contributed by atoms with van der Waals surface area (Å²) in [6, 6.07) is 13.3. The summed E-state index contributed by atoms with van der Waals surface area (Å²) in [5, 5.41) is 12.1. The molecule has 1 atom stereocenters. The zero-order valence-electron chi connectivity index (χ0n) is 13.5. The Kier molecular flexibility index (Phi) is 6.95. The Morgan fingerprint density at radius 2 is 1.75 bits per heavy atom. The number of benzene rings is 1. The minimum Gasteiger partial charge on any atom is -0.481 e. The molecule has 0 saturated heterocycles. The second-order valence-electron chi connectivity index (χ2n) is 5.74. The molecular weight excluding hydrogens is 304 g/mol. The van der Waals surface area contributed by atoms with Crippen molar-refractivity contribution in [1.29, 1.82) is 0 Å². The zero-order chi connectivity index (χ0) is 17.2. The molecule has 5 heteroatoms. The number of nitrogens with zero attached hydrogens (tertiary/aromatic N) is 1. The Morgan fingerprint density at radius 1 is 1.04 bits per heavy atom. The van der Waals surface area contributed by atoms with Crippen LogP contribution in [-0.2, 0) is 22.4 Å². The number of carboxylic acids is 1. The molecule has 0 bridgehead atoms. The summed E-state index contributed by atoms with van der Waals surface area (Å²) in [6.45, 7) is 0.541. The first-order valence-corrected chi connectivity index (χ1v) is 8.07. The number of nitrogens with one attached hydrogen (secondary N) is 1. The smallest absolute Gasteiger partial charge is 0.307 e. The van der Waals surface area contributed by atoms with Gasteiger partial charge < -0.3 is 10.4 Å². The molecule has 2 N–H and O–H groups in total. The molecule has 1 heterocycles. The van der Waals surface area contributed by atoms with Gasteiger partial charge in [-0.15, -0.1) is 0 Å². The van der Waals surface area contributed by atoms with Crippen molar-refractivity contribution < 1.29 is 14.7 Å². The maximum Gasteiger partial charge on any atom is 0.307 e. The van der Waals surface area contributed by atoms with Crippen molar-refractivity contribution in [1.82, 2.24) is 10.3 Å². The van der Waals surface area contributed by atoms with Crippen LogP contribution in [0.2, 0.25) is 0 Å². The van der Waals surface area contributed by atoms with Crippen molar-refractivity contribution >= 4 is 11.9 Å². The second-order valence-corrected chi connectivity index (χ2v) is 5.74. The highest BCUT2D eigenvalue weighted by Gasteiger charge is 2.21. The van der Waals surface area contributed by atoms with E-state index in [1.54, 1.807) is 12.4 Å². The van der Waals surface area contributed by atoms with Crippen LogP contribution >= 0.6 is 0 Å². The number of aromatic nitrogens is 1. The van der Waals surface area contributed by atoms with Crippen LogP contribution in [0.1, 0.15) is 24.0 Å². The van der Waals surface area contributed by atoms with Crippen LogP contribution in [-0.4, -0.2) is 28.5 Å². The number of aliphatic carboxylic acids is 1. The van der Waals surface area contributed by atoms with Crippen LogP contribution in [0.5, 0.6) is 0 Å². The van der Waals surface area contributed by atoms with Crippen molar-refractivity contribution in [3.05, 3.63) is 66.0 Å². The molecule has 2 rings (SSSR count). The molecule has 1 amide bonds. The first kappa shape index (κ1) is 17.7. The molecule has 1 aromatic heterocycles. The molecule has 5 nitrogen and oxygen atoms in total. The Morgan fingerprint density at radius 3 is 2.42 bits per heavy atom. The highest BCUT2D eigenvalue weighted by atomic mass is 16.4. The number of rotatable bonds is 9. The number of pyridine rings is 1.